The maximum Gasteiger partial charge on any atom is 0.497 e. The molecule has 0 amide bonds. The Morgan fingerprint density at radius 3 is 1.96 bits per heavy atom. The maximum absolute atomic E-state index is 14.3. The Labute approximate surface area is 137 Å². The van der Waals surface area contributed by atoms with Gasteiger partial charge in [-0.25, -0.2) is 9.18 Å². The molecule has 1 aromatic carbocycles. The molecule has 1 fully saturated rings. The van der Waals surface area contributed by atoms with E-state index in [0.29, 0.717) is 0 Å². The van der Waals surface area contributed by atoms with Crippen LogP contribution < -0.4 is 5.46 Å². The third-order valence-corrected chi connectivity index (χ3v) is 5.28. The second-order valence-corrected chi connectivity index (χ2v) is 6.01. The Morgan fingerprint density at radius 1 is 1.09 bits per heavy atom. The van der Waals surface area contributed by atoms with Crippen LogP contribution in [0.4, 0.5) is 4.39 Å². The lowest BCUT2D eigenvalue weighted by Crippen LogP contribution is -2.50. The topological polar surface area (TPSA) is 55.8 Å². The third-order valence-electron chi connectivity index (χ3n) is 5.28. The van der Waals surface area contributed by atoms with Crippen LogP contribution in [0.3, 0.4) is 0 Å². The molecule has 1 aliphatic rings. The molecule has 0 spiro atoms. The van der Waals surface area contributed by atoms with Gasteiger partial charge in [-0.15, -0.1) is 0 Å². The van der Waals surface area contributed by atoms with Crippen LogP contribution >= 0.6 is 0 Å². The number of carbonyl (C=O) groups is 1. The Balaban J connectivity index is 2.47. The van der Waals surface area contributed by atoms with Gasteiger partial charge < -0.3 is 14.4 Å². The van der Waals surface area contributed by atoms with Crippen molar-refractivity contribution in [2.24, 2.45) is 0 Å². The zero-order valence-electron chi connectivity index (χ0n) is 14.2. The summed E-state index contributed by atoms with van der Waals surface area (Å²) in [5.41, 5.74) is -0.808. The zero-order valence-corrected chi connectivity index (χ0v) is 14.2. The lowest BCUT2D eigenvalue weighted by molar-refractivity contribution is -0.0601. The highest BCUT2D eigenvalue weighted by molar-refractivity contribution is 6.62. The molecular weight excluding hydrogens is 298 g/mol. The summed E-state index contributed by atoms with van der Waals surface area (Å²) in [6, 6.07) is 3.71. The molecule has 0 aliphatic carbocycles. The minimum atomic E-state index is -1.10. The second kappa shape index (κ2) is 6.61. The first-order chi connectivity index (χ1) is 10.9. The Kier molecular flexibility index (Phi) is 5.16. The van der Waals surface area contributed by atoms with E-state index in [1.54, 1.807) is 0 Å². The maximum atomic E-state index is 14.3. The number of hydrogen-bond acceptors (Lipinski definition) is 3. The summed E-state index contributed by atoms with van der Waals surface area (Å²) < 4.78 is 26.6. The first-order valence-corrected chi connectivity index (χ1v) is 8.27. The smallest absolute Gasteiger partial charge is 0.478 e. The van der Waals surface area contributed by atoms with Gasteiger partial charge in [0.1, 0.15) is 5.82 Å². The van der Waals surface area contributed by atoms with Crippen molar-refractivity contribution in [1.82, 2.24) is 0 Å². The van der Waals surface area contributed by atoms with E-state index in [1.165, 1.54) is 12.1 Å². The Hall–Kier alpha value is -1.40. The van der Waals surface area contributed by atoms with Crippen LogP contribution in [-0.2, 0) is 9.31 Å². The minimum Gasteiger partial charge on any atom is -0.478 e. The van der Waals surface area contributed by atoms with Gasteiger partial charge in [-0.1, -0.05) is 27.7 Å². The van der Waals surface area contributed by atoms with Crippen molar-refractivity contribution < 1.29 is 23.6 Å². The van der Waals surface area contributed by atoms with Crippen LogP contribution in [0.15, 0.2) is 18.2 Å². The van der Waals surface area contributed by atoms with Crippen LogP contribution in [0.5, 0.6) is 0 Å². The number of aromatic carboxylic acids is 1. The summed E-state index contributed by atoms with van der Waals surface area (Å²) in [6.07, 6.45) is 3.01. The highest BCUT2D eigenvalue weighted by atomic mass is 19.1. The average molecular weight is 322 g/mol. The molecule has 0 aromatic heterocycles. The van der Waals surface area contributed by atoms with E-state index in [1.807, 2.05) is 27.7 Å². The summed E-state index contributed by atoms with van der Waals surface area (Å²) in [4.78, 5) is 11.2. The molecule has 1 aromatic rings. The van der Waals surface area contributed by atoms with E-state index in [-0.39, 0.29) is 11.0 Å². The van der Waals surface area contributed by atoms with E-state index in [2.05, 4.69) is 0 Å². The van der Waals surface area contributed by atoms with Gasteiger partial charge in [0.15, 0.2) is 0 Å². The van der Waals surface area contributed by atoms with Gasteiger partial charge in [-0.05, 0) is 43.9 Å². The summed E-state index contributed by atoms with van der Waals surface area (Å²) in [7, 11) is -0.880. The summed E-state index contributed by atoms with van der Waals surface area (Å²) in [6.45, 7) is 8.16. The molecule has 0 unspecified atom stereocenters. The molecule has 0 bridgehead atoms. The van der Waals surface area contributed by atoms with E-state index < -0.39 is 30.1 Å². The first kappa shape index (κ1) is 18.0. The van der Waals surface area contributed by atoms with E-state index in [4.69, 9.17) is 14.4 Å². The SMILES string of the molecule is CCC1(CC)OB(c2cc(C(=O)O)ccc2F)OC1(CC)CC. The Bertz CT molecular complexity index is 562. The predicted molar refractivity (Wildman–Crippen MR) is 87.5 cm³/mol. The van der Waals surface area contributed by atoms with Crippen molar-refractivity contribution in [2.45, 2.75) is 64.6 Å². The standard InChI is InChI=1S/C17H24BFO4/c1-5-16(6-2)17(7-3,8-4)23-18(22-16)13-11-12(15(20)21)9-10-14(13)19/h9-11H,5-8H2,1-4H3,(H,20,21). The van der Waals surface area contributed by atoms with Crippen molar-refractivity contribution >= 4 is 18.6 Å². The van der Waals surface area contributed by atoms with Crippen molar-refractivity contribution in [1.29, 1.82) is 0 Å². The summed E-state index contributed by atoms with van der Waals surface area (Å²) >= 11 is 0. The fourth-order valence-corrected chi connectivity index (χ4v) is 3.76. The first-order valence-electron chi connectivity index (χ1n) is 8.27. The molecular formula is C17H24BFO4. The number of carboxylic acid groups (broad SMARTS) is 1. The van der Waals surface area contributed by atoms with Crippen LogP contribution in [-0.4, -0.2) is 29.4 Å². The lowest BCUT2D eigenvalue weighted by atomic mass is 9.75. The van der Waals surface area contributed by atoms with E-state index in [9.17, 15) is 9.18 Å². The molecule has 1 heterocycles. The highest BCUT2D eigenvalue weighted by Gasteiger charge is 2.59. The van der Waals surface area contributed by atoms with Gasteiger partial charge in [0, 0.05) is 5.46 Å². The fourth-order valence-electron chi connectivity index (χ4n) is 3.76. The molecule has 0 radical (unpaired) electrons. The number of carboxylic acids is 1. The van der Waals surface area contributed by atoms with Gasteiger partial charge in [0.25, 0.3) is 0 Å². The highest BCUT2D eigenvalue weighted by Crippen LogP contribution is 2.46. The van der Waals surface area contributed by atoms with Gasteiger partial charge in [0.2, 0.25) is 0 Å². The number of benzene rings is 1. The van der Waals surface area contributed by atoms with Crippen LogP contribution in [0.2, 0.25) is 0 Å². The molecule has 1 N–H and O–H groups in total. The normalized spacial score (nSPS) is 19.1. The third kappa shape index (κ3) is 2.79. The molecule has 23 heavy (non-hydrogen) atoms. The monoisotopic (exact) mass is 322 g/mol. The van der Waals surface area contributed by atoms with Crippen LogP contribution in [0, 0.1) is 5.82 Å². The van der Waals surface area contributed by atoms with Crippen LogP contribution in [0.25, 0.3) is 0 Å². The van der Waals surface area contributed by atoms with Crippen molar-refractivity contribution in [3.8, 4) is 0 Å². The van der Waals surface area contributed by atoms with Crippen LogP contribution in [0.1, 0.15) is 63.7 Å². The molecule has 126 valence electrons. The number of hydrogen-bond donors (Lipinski definition) is 1. The number of halogens is 1. The molecule has 1 saturated heterocycles. The summed E-state index contributed by atoms with van der Waals surface area (Å²) in [5, 5.41) is 9.13. The molecule has 0 atom stereocenters. The second-order valence-electron chi connectivity index (χ2n) is 6.01. The summed E-state index contributed by atoms with van der Waals surface area (Å²) in [5.74, 6) is -1.61. The van der Waals surface area contributed by atoms with Gasteiger partial charge in [-0.2, -0.15) is 0 Å². The minimum absolute atomic E-state index is 0.0256. The molecule has 0 saturated carbocycles. The molecule has 4 nitrogen and oxygen atoms in total. The quantitative estimate of drug-likeness (QED) is 0.816. The van der Waals surface area contributed by atoms with E-state index >= 15 is 0 Å². The largest absolute Gasteiger partial charge is 0.497 e. The van der Waals surface area contributed by atoms with Crippen molar-refractivity contribution in [3.63, 3.8) is 0 Å². The van der Waals surface area contributed by atoms with E-state index in [0.717, 1.165) is 31.7 Å². The predicted octanol–water partition coefficient (Wildman–Crippen LogP) is 3.38. The lowest BCUT2D eigenvalue weighted by Gasteiger charge is -2.42. The van der Waals surface area contributed by atoms with Crippen molar-refractivity contribution in [3.05, 3.63) is 29.6 Å². The van der Waals surface area contributed by atoms with Crippen molar-refractivity contribution in [2.75, 3.05) is 0 Å². The zero-order chi connectivity index (χ0) is 17.3. The molecule has 6 heteroatoms. The number of rotatable bonds is 6. The molecule has 2 rings (SSSR count). The van der Waals surface area contributed by atoms with Gasteiger partial charge in [0.05, 0.1) is 16.8 Å². The molecule has 1 aliphatic heterocycles. The van der Waals surface area contributed by atoms with Gasteiger partial charge in [-0.3, -0.25) is 0 Å². The Morgan fingerprint density at radius 2 is 1.57 bits per heavy atom. The fraction of sp³-hybridized carbons (Fsp3) is 0.588. The average Bonchev–Trinajstić information content (AvgIpc) is 2.90. The van der Waals surface area contributed by atoms with Gasteiger partial charge >= 0.3 is 13.1 Å².